The molecule has 0 spiro atoms. The number of aromatic nitrogens is 1. The minimum Gasteiger partial charge on any atom is -0.485 e. The molecule has 0 aliphatic carbocycles. The van der Waals surface area contributed by atoms with Crippen molar-refractivity contribution in [3.8, 4) is 5.75 Å². The molecule has 0 fully saturated rings. The first-order valence-corrected chi connectivity index (χ1v) is 6.99. The van der Waals surface area contributed by atoms with E-state index in [0.717, 1.165) is 15.4 Å². The number of ether oxygens (including phenoxy) is 2. The van der Waals surface area contributed by atoms with E-state index in [4.69, 9.17) is 15.2 Å². The predicted octanol–water partition coefficient (Wildman–Crippen LogP) is 3.38. The Bertz CT molecular complexity index is 569. The van der Waals surface area contributed by atoms with Gasteiger partial charge < -0.3 is 15.2 Å². The highest BCUT2D eigenvalue weighted by atomic mass is 79.9. The highest BCUT2D eigenvalue weighted by Crippen LogP contribution is 2.32. The molecule has 0 bridgehead atoms. The Morgan fingerprint density at radius 1 is 1.42 bits per heavy atom. The summed E-state index contributed by atoms with van der Waals surface area (Å²) in [6.45, 7) is 5.12. The molecule has 0 aliphatic heterocycles. The van der Waals surface area contributed by atoms with Crippen molar-refractivity contribution in [1.29, 1.82) is 0 Å². The van der Waals surface area contributed by atoms with Crippen LogP contribution in [0, 0.1) is 0 Å². The Kier molecular flexibility index (Phi) is 4.61. The van der Waals surface area contributed by atoms with Gasteiger partial charge in [0.15, 0.2) is 5.75 Å². The van der Waals surface area contributed by atoms with Crippen LogP contribution in [-0.2, 0) is 4.74 Å². The highest BCUT2D eigenvalue weighted by Gasteiger charge is 2.12. The molecule has 19 heavy (non-hydrogen) atoms. The van der Waals surface area contributed by atoms with E-state index in [1.165, 1.54) is 0 Å². The number of halogens is 1. The van der Waals surface area contributed by atoms with Gasteiger partial charge in [0.1, 0.15) is 6.10 Å². The average Bonchev–Trinajstić information content (AvgIpc) is 2.40. The molecule has 5 heteroatoms. The zero-order valence-corrected chi connectivity index (χ0v) is 12.6. The van der Waals surface area contributed by atoms with Gasteiger partial charge in [0.2, 0.25) is 0 Å². The van der Waals surface area contributed by atoms with Gasteiger partial charge in [-0.05, 0) is 32.0 Å². The summed E-state index contributed by atoms with van der Waals surface area (Å²) in [7, 11) is 0. The van der Waals surface area contributed by atoms with Crippen LogP contribution in [0.5, 0.6) is 5.75 Å². The maximum absolute atomic E-state index is 5.97. The molecular formula is C14H17BrN2O2. The van der Waals surface area contributed by atoms with Gasteiger partial charge in [0.25, 0.3) is 0 Å². The summed E-state index contributed by atoms with van der Waals surface area (Å²) in [5.41, 5.74) is 7.36. The van der Waals surface area contributed by atoms with E-state index in [1.807, 2.05) is 32.0 Å². The summed E-state index contributed by atoms with van der Waals surface area (Å²) < 4.78 is 12.2. The summed E-state index contributed by atoms with van der Waals surface area (Å²) in [5, 5.41) is 0.901. The number of pyridine rings is 1. The first kappa shape index (κ1) is 14.1. The van der Waals surface area contributed by atoms with Gasteiger partial charge in [-0.15, -0.1) is 0 Å². The van der Waals surface area contributed by atoms with Gasteiger partial charge in [-0.25, -0.2) is 0 Å². The first-order chi connectivity index (χ1) is 9.11. The molecule has 0 amide bonds. The van der Waals surface area contributed by atoms with Gasteiger partial charge in [-0.1, -0.05) is 15.9 Å². The number of fused-ring (bicyclic) bond motifs is 1. The largest absolute Gasteiger partial charge is 0.485 e. The third kappa shape index (κ3) is 3.36. The molecule has 4 nitrogen and oxygen atoms in total. The number of nitrogens with two attached hydrogens (primary N) is 1. The van der Waals surface area contributed by atoms with E-state index in [9.17, 15) is 0 Å². The van der Waals surface area contributed by atoms with Gasteiger partial charge in [-0.2, -0.15) is 0 Å². The summed E-state index contributed by atoms with van der Waals surface area (Å²) in [6, 6.07) is 5.83. The summed E-state index contributed by atoms with van der Waals surface area (Å²) in [4.78, 5) is 4.29. The summed E-state index contributed by atoms with van der Waals surface area (Å²) in [6.07, 6.45) is 1.56. The van der Waals surface area contributed by atoms with Crippen molar-refractivity contribution in [3.63, 3.8) is 0 Å². The normalized spacial score (nSPS) is 12.6. The molecule has 2 N–H and O–H groups in total. The van der Waals surface area contributed by atoms with Crippen LogP contribution in [-0.4, -0.2) is 24.3 Å². The Morgan fingerprint density at radius 3 is 2.95 bits per heavy atom. The van der Waals surface area contributed by atoms with Crippen LogP contribution in [0.4, 0.5) is 5.69 Å². The predicted molar refractivity (Wildman–Crippen MR) is 80.4 cm³/mol. The summed E-state index contributed by atoms with van der Waals surface area (Å²) in [5.74, 6) is 0.665. The number of nitrogen functional groups attached to an aromatic ring is 1. The average molecular weight is 325 g/mol. The third-order valence-corrected chi connectivity index (χ3v) is 3.18. The van der Waals surface area contributed by atoms with Gasteiger partial charge in [0.05, 0.1) is 24.0 Å². The summed E-state index contributed by atoms with van der Waals surface area (Å²) >= 11 is 3.45. The number of anilines is 1. The van der Waals surface area contributed by atoms with Crippen molar-refractivity contribution in [1.82, 2.24) is 4.98 Å². The van der Waals surface area contributed by atoms with Crippen LogP contribution in [0.2, 0.25) is 0 Å². The fourth-order valence-electron chi connectivity index (χ4n) is 1.81. The second-order valence-electron chi connectivity index (χ2n) is 4.29. The second-order valence-corrected chi connectivity index (χ2v) is 5.21. The van der Waals surface area contributed by atoms with Crippen LogP contribution in [0.1, 0.15) is 13.8 Å². The van der Waals surface area contributed by atoms with E-state index in [-0.39, 0.29) is 6.10 Å². The van der Waals surface area contributed by atoms with Crippen LogP contribution in [0.25, 0.3) is 10.9 Å². The van der Waals surface area contributed by atoms with Gasteiger partial charge in [-0.3, -0.25) is 4.98 Å². The van der Waals surface area contributed by atoms with Crippen molar-refractivity contribution in [3.05, 3.63) is 28.9 Å². The molecule has 2 aromatic rings. The molecule has 0 radical (unpaired) electrons. The Balaban J connectivity index is 2.35. The standard InChI is InChI=1S/C14H17BrN2O2/c1-3-18-8-9(2)19-14-11-6-10(15)4-5-13(11)17-7-12(14)16/h4-7,9H,3,8,16H2,1-2H3. The molecule has 2 rings (SSSR count). The molecule has 0 saturated heterocycles. The Hall–Kier alpha value is -1.33. The van der Waals surface area contributed by atoms with Crippen molar-refractivity contribution >= 4 is 32.5 Å². The van der Waals surface area contributed by atoms with Crippen molar-refractivity contribution in [2.75, 3.05) is 18.9 Å². The Labute approximate surface area is 121 Å². The van der Waals surface area contributed by atoms with E-state index in [1.54, 1.807) is 6.20 Å². The van der Waals surface area contributed by atoms with E-state index >= 15 is 0 Å². The molecule has 1 atom stereocenters. The number of nitrogens with zero attached hydrogens (tertiary/aromatic N) is 1. The van der Waals surface area contributed by atoms with Crippen molar-refractivity contribution in [2.45, 2.75) is 20.0 Å². The quantitative estimate of drug-likeness (QED) is 0.915. The number of benzene rings is 1. The topological polar surface area (TPSA) is 57.4 Å². The van der Waals surface area contributed by atoms with Crippen LogP contribution in [0.3, 0.4) is 0 Å². The number of hydrogen-bond acceptors (Lipinski definition) is 4. The maximum atomic E-state index is 5.97. The highest BCUT2D eigenvalue weighted by molar-refractivity contribution is 9.10. The third-order valence-electron chi connectivity index (χ3n) is 2.68. The van der Waals surface area contributed by atoms with E-state index in [2.05, 4.69) is 20.9 Å². The lowest BCUT2D eigenvalue weighted by atomic mass is 10.2. The molecule has 0 saturated carbocycles. The van der Waals surface area contributed by atoms with E-state index in [0.29, 0.717) is 24.7 Å². The van der Waals surface area contributed by atoms with Crippen molar-refractivity contribution in [2.24, 2.45) is 0 Å². The fraction of sp³-hybridized carbons (Fsp3) is 0.357. The SMILES string of the molecule is CCOCC(C)Oc1c(N)cnc2ccc(Br)cc12. The fourth-order valence-corrected chi connectivity index (χ4v) is 2.17. The van der Waals surface area contributed by atoms with E-state index < -0.39 is 0 Å². The van der Waals surface area contributed by atoms with Crippen molar-refractivity contribution < 1.29 is 9.47 Å². The lowest BCUT2D eigenvalue weighted by Crippen LogP contribution is -2.19. The monoisotopic (exact) mass is 324 g/mol. The van der Waals surface area contributed by atoms with Crippen LogP contribution >= 0.6 is 15.9 Å². The molecule has 0 aliphatic rings. The molecular weight excluding hydrogens is 308 g/mol. The first-order valence-electron chi connectivity index (χ1n) is 6.20. The number of rotatable bonds is 5. The second kappa shape index (κ2) is 6.21. The lowest BCUT2D eigenvalue weighted by molar-refractivity contribution is 0.0668. The smallest absolute Gasteiger partial charge is 0.153 e. The number of hydrogen-bond donors (Lipinski definition) is 1. The molecule has 1 heterocycles. The lowest BCUT2D eigenvalue weighted by Gasteiger charge is -2.17. The van der Waals surface area contributed by atoms with Crippen LogP contribution < -0.4 is 10.5 Å². The minimum atomic E-state index is -0.0631. The molecule has 1 aromatic carbocycles. The molecule has 1 unspecified atom stereocenters. The Morgan fingerprint density at radius 2 is 2.21 bits per heavy atom. The van der Waals surface area contributed by atoms with Gasteiger partial charge >= 0.3 is 0 Å². The zero-order valence-electron chi connectivity index (χ0n) is 11.0. The van der Waals surface area contributed by atoms with Crippen LogP contribution in [0.15, 0.2) is 28.9 Å². The minimum absolute atomic E-state index is 0.0631. The molecule has 102 valence electrons. The van der Waals surface area contributed by atoms with Gasteiger partial charge in [0, 0.05) is 16.5 Å². The maximum Gasteiger partial charge on any atom is 0.153 e. The zero-order chi connectivity index (χ0) is 13.8. The molecule has 1 aromatic heterocycles.